The van der Waals surface area contributed by atoms with Crippen LogP contribution in [0.3, 0.4) is 0 Å². The highest BCUT2D eigenvalue weighted by atomic mass is 35.5. The number of hydrogen-bond acceptors (Lipinski definition) is 4. The summed E-state index contributed by atoms with van der Waals surface area (Å²) in [4.78, 5) is 29.9. The number of pyridine rings is 1. The van der Waals surface area contributed by atoms with E-state index in [1.54, 1.807) is 18.2 Å². The molecule has 1 fully saturated rings. The highest BCUT2D eigenvalue weighted by Gasteiger charge is 2.22. The van der Waals surface area contributed by atoms with E-state index in [0.717, 1.165) is 52.8 Å². The van der Waals surface area contributed by atoms with Gasteiger partial charge >= 0.3 is 5.97 Å². The van der Waals surface area contributed by atoms with Crippen LogP contribution in [-0.2, 0) is 16.6 Å². The van der Waals surface area contributed by atoms with E-state index < -0.39 is 12.0 Å². The van der Waals surface area contributed by atoms with Gasteiger partial charge in [0.2, 0.25) is 0 Å². The minimum Gasteiger partial charge on any atom is -0.481 e. The molecule has 224 valence electrons. The minimum atomic E-state index is -0.918. The first-order chi connectivity index (χ1) is 20.5. The standard InChI is InChI=1S/C36H39ClN2O4/c1-36(2,3)26-11-16-28(17-12-26)43-29-15-10-25-21-33(38-32(30(25)22-29)20-23-6-4-5-7-23)35(42)39-31(18-19-34(40)41)24-8-13-27(37)14-9-24/h8-17,21-23,31H,4-7,18-20H2,1-3H3,(H,39,42)(H,40,41). The molecule has 1 unspecified atom stereocenters. The van der Waals surface area contributed by atoms with Crippen LogP contribution in [0.1, 0.15) is 92.6 Å². The van der Waals surface area contributed by atoms with Gasteiger partial charge in [-0.1, -0.05) is 88.4 Å². The van der Waals surface area contributed by atoms with Gasteiger partial charge in [0.1, 0.15) is 17.2 Å². The van der Waals surface area contributed by atoms with Crippen molar-refractivity contribution in [2.24, 2.45) is 5.92 Å². The lowest BCUT2D eigenvalue weighted by atomic mass is 9.87. The summed E-state index contributed by atoms with van der Waals surface area (Å²) in [5.41, 5.74) is 3.31. The number of carboxylic acids is 1. The molecule has 1 amide bonds. The molecule has 1 aromatic heterocycles. The molecule has 4 aromatic rings. The van der Waals surface area contributed by atoms with Gasteiger partial charge in [0, 0.05) is 22.5 Å². The van der Waals surface area contributed by atoms with Crippen LogP contribution in [0.25, 0.3) is 10.8 Å². The summed E-state index contributed by atoms with van der Waals surface area (Å²) < 4.78 is 6.25. The van der Waals surface area contributed by atoms with Gasteiger partial charge in [-0.05, 0) is 83.2 Å². The maximum atomic E-state index is 13.6. The van der Waals surface area contributed by atoms with Crippen molar-refractivity contribution in [2.75, 3.05) is 0 Å². The first kappa shape index (κ1) is 30.6. The highest BCUT2D eigenvalue weighted by Crippen LogP contribution is 2.33. The van der Waals surface area contributed by atoms with E-state index in [0.29, 0.717) is 16.6 Å². The van der Waals surface area contributed by atoms with Gasteiger partial charge in [-0.3, -0.25) is 9.59 Å². The molecular formula is C36H39ClN2O4. The zero-order valence-electron chi connectivity index (χ0n) is 25.0. The number of fused-ring (bicyclic) bond motifs is 1. The second kappa shape index (κ2) is 13.2. The van der Waals surface area contributed by atoms with Gasteiger partial charge in [0.15, 0.2) is 0 Å². The normalized spacial score (nSPS) is 14.5. The Kier molecular flexibility index (Phi) is 9.36. The second-order valence-corrected chi connectivity index (χ2v) is 13.0. The average molecular weight is 599 g/mol. The molecule has 0 saturated heterocycles. The molecule has 1 saturated carbocycles. The van der Waals surface area contributed by atoms with Crippen molar-refractivity contribution in [3.8, 4) is 11.5 Å². The smallest absolute Gasteiger partial charge is 0.303 e. The van der Waals surface area contributed by atoms with E-state index >= 15 is 0 Å². The first-order valence-corrected chi connectivity index (χ1v) is 15.4. The number of amides is 1. The molecule has 0 radical (unpaired) electrons. The zero-order valence-corrected chi connectivity index (χ0v) is 25.8. The number of nitrogens with one attached hydrogen (secondary N) is 1. The van der Waals surface area contributed by atoms with E-state index in [2.05, 4.69) is 38.2 Å². The number of carboxylic acid groups (broad SMARTS) is 1. The van der Waals surface area contributed by atoms with Crippen LogP contribution in [0.2, 0.25) is 5.02 Å². The Morgan fingerprint density at radius 2 is 1.65 bits per heavy atom. The van der Waals surface area contributed by atoms with E-state index in [1.807, 2.05) is 42.5 Å². The molecule has 6 nitrogen and oxygen atoms in total. The maximum absolute atomic E-state index is 13.6. The van der Waals surface area contributed by atoms with E-state index in [-0.39, 0.29) is 24.2 Å². The predicted octanol–water partition coefficient (Wildman–Crippen LogP) is 9.05. The van der Waals surface area contributed by atoms with Crippen molar-refractivity contribution in [3.05, 3.63) is 100 Å². The van der Waals surface area contributed by atoms with Gasteiger partial charge in [0.25, 0.3) is 5.91 Å². The molecule has 2 N–H and O–H groups in total. The van der Waals surface area contributed by atoms with Crippen molar-refractivity contribution in [3.63, 3.8) is 0 Å². The monoisotopic (exact) mass is 598 g/mol. The number of hydrogen-bond donors (Lipinski definition) is 2. The summed E-state index contributed by atoms with van der Waals surface area (Å²) in [6.07, 6.45) is 5.71. The summed E-state index contributed by atoms with van der Waals surface area (Å²) in [5, 5.41) is 14.8. The van der Waals surface area contributed by atoms with Crippen LogP contribution in [0.4, 0.5) is 0 Å². The van der Waals surface area contributed by atoms with Crippen molar-refractivity contribution in [2.45, 2.75) is 77.2 Å². The minimum absolute atomic E-state index is 0.0668. The number of carbonyl (C=O) groups is 2. The Morgan fingerprint density at radius 1 is 0.977 bits per heavy atom. The van der Waals surface area contributed by atoms with Crippen LogP contribution in [0.15, 0.2) is 72.8 Å². The first-order valence-electron chi connectivity index (χ1n) is 15.1. The molecule has 5 rings (SSSR count). The van der Waals surface area contributed by atoms with E-state index in [1.165, 1.54) is 18.4 Å². The van der Waals surface area contributed by atoms with Crippen LogP contribution < -0.4 is 10.1 Å². The Bertz CT molecular complexity index is 1590. The number of aliphatic carboxylic acids is 1. The number of aromatic nitrogens is 1. The van der Waals surface area contributed by atoms with Gasteiger partial charge < -0.3 is 15.2 Å². The van der Waals surface area contributed by atoms with Crippen molar-refractivity contribution in [1.82, 2.24) is 10.3 Å². The van der Waals surface area contributed by atoms with Crippen molar-refractivity contribution >= 4 is 34.2 Å². The lowest BCUT2D eigenvalue weighted by Crippen LogP contribution is -2.30. The van der Waals surface area contributed by atoms with E-state index in [4.69, 9.17) is 21.3 Å². The Morgan fingerprint density at radius 3 is 2.30 bits per heavy atom. The zero-order chi connectivity index (χ0) is 30.6. The number of rotatable bonds is 10. The molecule has 1 aliphatic rings. The molecule has 0 aliphatic heterocycles. The maximum Gasteiger partial charge on any atom is 0.303 e. The number of ether oxygens (including phenoxy) is 1. The highest BCUT2D eigenvalue weighted by molar-refractivity contribution is 6.30. The third-order valence-electron chi connectivity index (χ3n) is 8.25. The van der Waals surface area contributed by atoms with Gasteiger partial charge in [-0.15, -0.1) is 0 Å². The van der Waals surface area contributed by atoms with Crippen LogP contribution in [-0.4, -0.2) is 22.0 Å². The van der Waals surface area contributed by atoms with Gasteiger partial charge in [-0.25, -0.2) is 4.98 Å². The van der Waals surface area contributed by atoms with Crippen LogP contribution in [0, 0.1) is 5.92 Å². The summed E-state index contributed by atoms with van der Waals surface area (Å²) in [6.45, 7) is 6.56. The molecule has 1 atom stereocenters. The molecule has 3 aromatic carbocycles. The molecule has 7 heteroatoms. The second-order valence-electron chi connectivity index (χ2n) is 12.6. The topological polar surface area (TPSA) is 88.5 Å². The number of carbonyl (C=O) groups excluding carboxylic acids is 1. The van der Waals surface area contributed by atoms with E-state index in [9.17, 15) is 14.7 Å². The lowest BCUT2D eigenvalue weighted by molar-refractivity contribution is -0.137. The summed E-state index contributed by atoms with van der Waals surface area (Å²) >= 11 is 6.07. The third kappa shape index (κ3) is 7.94. The summed E-state index contributed by atoms with van der Waals surface area (Å²) in [7, 11) is 0. The molecule has 0 bridgehead atoms. The van der Waals surface area contributed by atoms with Crippen molar-refractivity contribution in [1.29, 1.82) is 0 Å². The quantitative estimate of drug-likeness (QED) is 0.190. The predicted molar refractivity (Wildman–Crippen MR) is 171 cm³/mol. The SMILES string of the molecule is CC(C)(C)c1ccc(Oc2ccc3cc(C(=O)NC(CCC(=O)O)c4ccc(Cl)cc4)nc(CC4CCCC4)c3c2)cc1. The summed E-state index contributed by atoms with van der Waals surface area (Å²) in [6, 6.07) is 22.5. The molecule has 43 heavy (non-hydrogen) atoms. The van der Waals surface area contributed by atoms with Crippen LogP contribution >= 0.6 is 11.6 Å². The lowest BCUT2D eigenvalue weighted by Gasteiger charge is -2.20. The number of nitrogens with zero attached hydrogens (tertiary/aromatic N) is 1. The molecule has 0 spiro atoms. The largest absolute Gasteiger partial charge is 0.481 e. The number of halogens is 1. The molecule has 1 aliphatic carbocycles. The van der Waals surface area contributed by atoms with Crippen molar-refractivity contribution < 1.29 is 19.4 Å². The Labute approximate surface area is 258 Å². The van der Waals surface area contributed by atoms with Gasteiger partial charge in [0.05, 0.1) is 6.04 Å². The fourth-order valence-corrected chi connectivity index (χ4v) is 5.92. The molecular weight excluding hydrogens is 560 g/mol. The Balaban J connectivity index is 1.44. The molecule has 1 heterocycles. The fourth-order valence-electron chi connectivity index (χ4n) is 5.80. The number of benzene rings is 3. The van der Waals surface area contributed by atoms with Gasteiger partial charge in [-0.2, -0.15) is 0 Å². The van der Waals surface area contributed by atoms with Crippen LogP contribution in [0.5, 0.6) is 11.5 Å². The summed E-state index contributed by atoms with van der Waals surface area (Å²) in [5.74, 6) is 0.765. The third-order valence-corrected chi connectivity index (χ3v) is 8.51. The fraction of sp³-hybridized carbons (Fsp3) is 0.361. The Hall–Kier alpha value is -3.90. The average Bonchev–Trinajstić information content (AvgIpc) is 3.48.